The van der Waals surface area contributed by atoms with Gasteiger partial charge in [-0.3, -0.25) is 4.79 Å². The second kappa shape index (κ2) is 40.8. The Labute approximate surface area is 293 Å². The monoisotopic (exact) mass is 661 g/mol. The molecule has 276 valence electrons. The van der Waals surface area contributed by atoms with Gasteiger partial charge in [-0.15, -0.1) is 0 Å². The third kappa shape index (κ3) is 38.9. The molecular formula is C43H80O4. The Hall–Kier alpha value is -1.39. The van der Waals surface area contributed by atoms with Crippen molar-refractivity contribution in [2.45, 2.75) is 213 Å². The summed E-state index contributed by atoms with van der Waals surface area (Å²) in [6.45, 7) is 5.31. The van der Waals surface area contributed by atoms with E-state index in [1.165, 1.54) is 161 Å². The fraction of sp³-hybridized carbons (Fsp3) is 0.837. The number of ether oxygens (including phenoxy) is 2. The van der Waals surface area contributed by atoms with Crippen molar-refractivity contribution in [1.29, 1.82) is 0 Å². The largest absolute Gasteiger partial charge is 0.457 e. The van der Waals surface area contributed by atoms with E-state index in [2.05, 4.69) is 50.3 Å². The van der Waals surface area contributed by atoms with Crippen molar-refractivity contribution >= 4 is 5.97 Å². The van der Waals surface area contributed by atoms with Crippen LogP contribution in [0.4, 0.5) is 0 Å². The van der Waals surface area contributed by atoms with Crippen LogP contribution in [-0.4, -0.2) is 37.0 Å². The van der Waals surface area contributed by atoms with Crippen molar-refractivity contribution in [1.82, 2.24) is 0 Å². The van der Waals surface area contributed by atoms with E-state index in [1.807, 2.05) is 0 Å². The smallest absolute Gasteiger partial charge is 0.306 e. The van der Waals surface area contributed by atoms with Gasteiger partial charge in [-0.1, -0.05) is 166 Å². The molecule has 1 atom stereocenters. The number of unbranched alkanes of at least 4 members (excludes halogenated alkanes) is 24. The highest BCUT2D eigenvalue weighted by Crippen LogP contribution is 2.13. The summed E-state index contributed by atoms with van der Waals surface area (Å²) in [5.41, 5.74) is 0. The number of esters is 1. The lowest BCUT2D eigenvalue weighted by atomic mass is 10.1. The van der Waals surface area contributed by atoms with E-state index in [-0.39, 0.29) is 19.2 Å². The van der Waals surface area contributed by atoms with Gasteiger partial charge in [0.05, 0.1) is 13.2 Å². The quantitative estimate of drug-likeness (QED) is 0.0407. The molecule has 0 rings (SSSR count). The second-order valence-corrected chi connectivity index (χ2v) is 13.7. The van der Waals surface area contributed by atoms with Crippen molar-refractivity contribution < 1.29 is 19.4 Å². The fourth-order valence-corrected chi connectivity index (χ4v) is 5.82. The zero-order valence-electron chi connectivity index (χ0n) is 31.5. The Morgan fingerprint density at radius 3 is 1.36 bits per heavy atom. The molecule has 0 spiro atoms. The predicted octanol–water partition coefficient (Wildman–Crippen LogP) is 13.3. The van der Waals surface area contributed by atoms with E-state index in [0.717, 1.165) is 25.7 Å². The SMILES string of the molecule is CCCCCC/C=C\C/C=C\CCCCCCCCOCC(CO)OC(=O)CCCCCCCCC/C=C\CCCCCCCCC. The second-order valence-electron chi connectivity index (χ2n) is 13.7. The van der Waals surface area contributed by atoms with Crippen LogP contribution < -0.4 is 0 Å². The van der Waals surface area contributed by atoms with Gasteiger partial charge >= 0.3 is 5.97 Å². The van der Waals surface area contributed by atoms with Crippen molar-refractivity contribution in [2.75, 3.05) is 19.8 Å². The molecule has 0 aromatic carbocycles. The van der Waals surface area contributed by atoms with E-state index in [0.29, 0.717) is 13.0 Å². The Bertz CT molecular complexity index is 698. The van der Waals surface area contributed by atoms with Crippen LogP contribution in [0.1, 0.15) is 206 Å². The Kier molecular flexibility index (Phi) is 39.6. The molecule has 0 saturated carbocycles. The molecule has 0 radical (unpaired) electrons. The third-order valence-corrected chi connectivity index (χ3v) is 8.94. The van der Waals surface area contributed by atoms with Gasteiger partial charge < -0.3 is 14.6 Å². The summed E-state index contributed by atoms with van der Waals surface area (Å²) in [4.78, 5) is 12.2. The summed E-state index contributed by atoms with van der Waals surface area (Å²) < 4.78 is 11.1. The van der Waals surface area contributed by atoms with Crippen LogP contribution >= 0.6 is 0 Å². The number of allylic oxidation sites excluding steroid dienone is 6. The predicted molar refractivity (Wildman–Crippen MR) is 205 cm³/mol. The van der Waals surface area contributed by atoms with Crippen LogP contribution in [0.25, 0.3) is 0 Å². The van der Waals surface area contributed by atoms with Crippen molar-refractivity contribution in [3.8, 4) is 0 Å². The standard InChI is InChI=1S/C43H80O4/c1-3-5-7-9-11-13-15-17-19-21-22-24-26-28-30-32-34-36-38-43(45)47-42(40-44)41-46-39-37-35-33-31-29-27-25-23-20-18-16-14-12-10-8-6-4-2/h14,16,19-21,23,42,44H,3-13,15,17-18,22,24-41H2,1-2H3/b16-14-,21-19-,23-20-. The van der Waals surface area contributed by atoms with Gasteiger partial charge in [0.1, 0.15) is 6.10 Å². The maximum absolute atomic E-state index is 12.2. The molecule has 0 aliphatic heterocycles. The lowest BCUT2D eigenvalue weighted by Crippen LogP contribution is -2.27. The summed E-state index contributed by atoms with van der Waals surface area (Å²) in [6.07, 6.45) is 50.5. The van der Waals surface area contributed by atoms with E-state index >= 15 is 0 Å². The lowest BCUT2D eigenvalue weighted by Gasteiger charge is -2.15. The van der Waals surface area contributed by atoms with Crippen LogP contribution in [0.15, 0.2) is 36.5 Å². The number of aliphatic hydroxyl groups is 1. The highest BCUT2D eigenvalue weighted by Gasteiger charge is 2.13. The first-order valence-electron chi connectivity index (χ1n) is 20.6. The number of hydrogen-bond acceptors (Lipinski definition) is 4. The minimum atomic E-state index is -0.540. The molecule has 0 fully saturated rings. The van der Waals surface area contributed by atoms with Crippen molar-refractivity contribution in [3.63, 3.8) is 0 Å². The summed E-state index contributed by atoms with van der Waals surface area (Å²) in [5.74, 6) is -0.208. The van der Waals surface area contributed by atoms with E-state index in [4.69, 9.17) is 9.47 Å². The van der Waals surface area contributed by atoms with Gasteiger partial charge in [-0.25, -0.2) is 0 Å². The molecule has 0 aliphatic rings. The minimum absolute atomic E-state index is 0.177. The summed E-state index contributed by atoms with van der Waals surface area (Å²) in [7, 11) is 0. The van der Waals surface area contributed by atoms with Crippen LogP contribution in [0, 0.1) is 0 Å². The maximum Gasteiger partial charge on any atom is 0.306 e. The molecule has 4 nitrogen and oxygen atoms in total. The molecule has 0 aromatic heterocycles. The molecule has 0 aliphatic carbocycles. The third-order valence-electron chi connectivity index (χ3n) is 8.94. The molecular weight excluding hydrogens is 580 g/mol. The first-order valence-corrected chi connectivity index (χ1v) is 20.6. The topological polar surface area (TPSA) is 55.8 Å². The average Bonchev–Trinajstić information content (AvgIpc) is 3.08. The van der Waals surface area contributed by atoms with Crippen molar-refractivity contribution in [3.05, 3.63) is 36.5 Å². The molecule has 0 amide bonds. The van der Waals surface area contributed by atoms with Gasteiger partial charge in [0.2, 0.25) is 0 Å². The number of aliphatic hydroxyl groups excluding tert-OH is 1. The number of rotatable bonds is 38. The van der Waals surface area contributed by atoms with Crippen LogP contribution in [-0.2, 0) is 14.3 Å². The molecule has 1 unspecified atom stereocenters. The van der Waals surface area contributed by atoms with Gasteiger partial charge in [-0.05, 0) is 70.6 Å². The average molecular weight is 661 g/mol. The lowest BCUT2D eigenvalue weighted by molar-refractivity contribution is -0.154. The molecule has 1 N–H and O–H groups in total. The van der Waals surface area contributed by atoms with E-state index < -0.39 is 6.10 Å². The zero-order chi connectivity index (χ0) is 34.1. The Balaban J connectivity index is 3.45. The molecule has 0 aromatic rings. The Morgan fingerprint density at radius 1 is 0.511 bits per heavy atom. The molecule has 0 saturated heterocycles. The first-order chi connectivity index (χ1) is 23.2. The molecule has 47 heavy (non-hydrogen) atoms. The highest BCUT2D eigenvalue weighted by atomic mass is 16.6. The van der Waals surface area contributed by atoms with Gasteiger partial charge in [0.25, 0.3) is 0 Å². The van der Waals surface area contributed by atoms with Crippen molar-refractivity contribution in [2.24, 2.45) is 0 Å². The van der Waals surface area contributed by atoms with Crippen LogP contribution in [0.2, 0.25) is 0 Å². The number of carbonyl (C=O) groups is 1. The van der Waals surface area contributed by atoms with Gasteiger partial charge in [-0.2, -0.15) is 0 Å². The summed E-state index contributed by atoms with van der Waals surface area (Å²) in [5, 5.41) is 9.58. The van der Waals surface area contributed by atoms with Gasteiger partial charge in [0, 0.05) is 13.0 Å². The number of carbonyl (C=O) groups excluding carboxylic acids is 1. The number of hydrogen-bond donors (Lipinski definition) is 1. The minimum Gasteiger partial charge on any atom is -0.457 e. The van der Waals surface area contributed by atoms with E-state index in [9.17, 15) is 9.90 Å². The highest BCUT2D eigenvalue weighted by molar-refractivity contribution is 5.69. The molecule has 4 heteroatoms. The summed E-state index contributed by atoms with van der Waals surface area (Å²) in [6, 6.07) is 0. The first kappa shape index (κ1) is 45.6. The van der Waals surface area contributed by atoms with Crippen LogP contribution in [0.3, 0.4) is 0 Å². The maximum atomic E-state index is 12.2. The zero-order valence-corrected chi connectivity index (χ0v) is 31.5. The normalized spacial score (nSPS) is 12.7. The van der Waals surface area contributed by atoms with E-state index in [1.54, 1.807) is 0 Å². The van der Waals surface area contributed by atoms with Crippen LogP contribution in [0.5, 0.6) is 0 Å². The molecule has 0 heterocycles. The fourth-order valence-electron chi connectivity index (χ4n) is 5.82. The van der Waals surface area contributed by atoms with Gasteiger partial charge in [0.15, 0.2) is 0 Å². The Morgan fingerprint density at radius 2 is 0.894 bits per heavy atom. The molecule has 0 bridgehead atoms. The summed E-state index contributed by atoms with van der Waals surface area (Å²) >= 11 is 0.